The van der Waals surface area contributed by atoms with Crippen LogP contribution in [0.25, 0.3) is 0 Å². The first-order chi connectivity index (χ1) is 5.89. The third-order valence-corrected chi connectivity index (χ3v) is 2.64. The molecule has 1 aliphatic rings. The summed E-state index contributed by atoms with van der Waals surface area (Å²) in [5.41, 5.74) is 3.26. The van der Waals surface area contributed by atoms with Crippen molar-refractivity contribution >= 4 is 0 Å². The highest BCUT2D eigenvalue weighted by Gasteiger charge is 2.53. The second-order valence-corrected chi connectivity index (χ2v) is 3.61. The van der Waals surface area contributed by atoms with E-state index in [-0.39, 0.29) is 18.9 Å². The maximum absolute atomic E-state index is 12.5. The summed E-state index contributed by atoms with van der Waals surface area (Å²) in [5, 5.41) is 0. The van der Waals surface area contributed by atoms with Gasteiger partial charge in [0.05, 0.1) is 6.10 Å². The molecule has 1 aliphatic carbocycles. The van der Waals surface area contributed by atoms with E-state index in [1.54, 1.807) is 0 Å². The smallest absolute Gasteiger partial charge is 0.381 e. The lowest BCUT2D eigenvalue weighted by molar-refractivity contribution is -0.203. The van der Waals surface area contributed by atoms with E-state index in [1.807, 2.05) is 0 Å². The number of nitrogens with two attached hydrogens (primary N) is 1. The molecule has 78 valence electrons. The Morgan fingerprint density at radius 2 is 2.08 bits per heavy atom. The largest absolute Gasteiger partial charge is 0.406 e. The average Bonchev–Trinajstić information content (AvgIpc) is 2.02. The first-order valence-corrected chi connectivity index (χ1v) is 4.27. The van der Waals surface area contributed by atoms with E-state index in [1.165, 1.54) is 7.11 Å². The van der Waals surface area contributed by atoms with Gasteiger partial charge in [0.1, 0.15) is 5.54 Å². The zero-order valence-corrected chi connectivity index (χ0v) is 7.53. The lowest BCUT2D eigenvalue weighted by Gasteiger charge is -2.38. The molecule has 1 rings (SSSR count). The van der Waals surface area contributed by atoms with Crippen LogP contribution in [0.2, 0.25) is 0 Å². The standard InChI is InChI=1S/C8H14F3NO/c1-13-6-3-2-4-7(12,5-6)8(9,10)11/h6H,2-5,12H2,1H3. The van der Waals surface area contributed by atoms with Crippen LogP contribution in [-0.2, 0) is 4.74 Å². The van der Waals surface area contributed by atoms with Crippen molar-refractivity contribution in [2.75, 3.05) is 7.11 Å². The molecule has 0 aromatic heterocycles. The maximum atomic E-state index is 12.5. The Morgan fingerprint density at radius 1 is 1.46 bits per heavy atom. The molecule has 5 heteroatoms. The number of rotatable bonds is 1. The molecule has 0 aliphatic heterocycles. The fourth-order valence-electron chi connectivity index (χ4n) is 1.71. The lowest BCUT2D eigenvalue weighted by atomic mass is 9.80. The maximum Gasteiger partial charge on any atom is 0.406 e. The minimum atomic E-state index is -4.32. The van der Waals surface area contributed by atoms with Crippen LogP contribution in [0, 0.1) is 0 Å². The van der Waals surface area contributed by atoms with Gasteiger partial charge in [-0.1, -0.05) is 0 Å². The van der Waals surface area contributed by atoms with Crippen molar-refractivity contribution in [1.82, 2.24) is 0 Å². The van der Waals surface area contributed by atoms with E-state index < -0.39 is 11.7 Å². The first-order valence-electron chi connectivity index (χ1n) is 4.27. The van der Waals surface area contributed by atoms with E-state index >= 15 is 0 Å². The number of alkyl halides is 3. The molecule has 2 N–H and O–H groups in total. The van der Waals surface area contributed by atoms with Crippen molar-refractivity contribution in [2.45, 2.75) is 43.5 Å². The van der Waals surface area contributed by atoms with Gasteiger partial charge in [-0.15, -0.1) is 0 Å². The van der Waals surface area contributed by atoms with Crippen LogP contribution in [0.15, 0.2) is 0 Å². The van der Waals surface area contributed by atoms with Crippen molar-refractivity contribution in [3.63, 3.8) is 0 Å². The van der Waals surface area contributed by atoms with E-state index in [9.17, 15) is 13.2 Å². The van der Waals surface area contributed by atoms with Crippen molar-refractivity contribution in [3.8, 4) is 0 Å². The minimum absolute atomic E-state index is 0.0103. The van der Waals surface area contributed by atoms with E-state index in [0.717, 1.165) is 0 Å². The van der Waals surface area contributed by atoms with Crippen molar-refractivity contribution in [2.24, 2.45) is 5.73 Å². The summed E-state index contributed by atoms with van der Waals surface area (Å²) in [6, 6.07) is 0. The van der Waals surface area contributed by atoms with Crippen LogP contribution < -0.4 is 5.73 Å². The molecule has 0 spiro atoms. The van der Waals surface area contributed by atoms with Crippen LogP contribution in [0.5, 0.6) is 0 Å². The number of halogens is 3. The topological polar surface area (TPSA) is 35.2 Å². The summed E-state index contributed by atoms with van der Waals surface area (Å²) in [7, 11) is 1.42. The van der Waals surface area contributed by atoms with Gasteiger partial charge in [0.2, 0.25) is 0 Å². The third kappa shape index (κ3) is 2.14. The molecule has 13 heavy (non-hydrogen) atoms. The fraction of sp³-hybridized carbons (Fsp3) is 1.00. The molecule has 0 aromatic rings. The van der Waals surface area contributed by atoms with E-state index in [0.29, 0.717) is 12.8 Å². The molecule has 2 atom stereocenters. The molecule has 2 unspecified atom stereocenters. The highest BCUT2D eigenvalue weighted by molar-refractivity contribution is 4.97. The van der Waals surface area contributed by atoms with Crippen LogP contribution in [-0.4, -0.2) is 24.9 Å². The highest BCUT2D eigenvalue weighted by atomic mass is 19.4. The second-order valence-electron chi connectivity index (χ2n) is 3.61. The summed E-state index contributed by atoms with van der Waals surface area (Å²) >= 11 is 0. The highest BCUT2D eigenvalue weighted by Crippen LogP contribution is 2.40. The van der Waals surface area contributed by atoms with Gasteiger partial charge in [-0.05, 0) is 19.3 Å². The Balaban J connectivity index is 2.68. The van der Waals surface area contributed by atoms with Gasteiger partial charge in [0, 0.05) is 13.5 Å². The van der Waals surface area contributed by atoms with Crippen LogP contribution >= 0.6 is 0 Å². The Bertz CT molecular complexity index is 183. The molecule has 0 aromatic carbocycles. The molecule has 2 nitrogen and oxygen atoms in total. The van der Waals surface area contributed by atoms with E-state index in [4.69, 9.17) is 10.5 Å². The Kier molecular flexibility index (Phi) is 2.87. The first kappa shape index (κ1) is 10.8. The minimum Gasteiger partial charge on any atom is -0.381 e. The molecule has 0 saturated heterocycles. The van der Waals surface area contributed by atoms with Gasteiger partial charge in [-0.3, -0.25) is 0 Å². The van der Waals surface area contributed by atoms with Gasteiger partial charge >= 0.3 is 6.18 Å². The van der Waals surface area contributed by atoms with Gasteiger partial charge in [0.25, 0.3) is 0 Å². The predicted octanol–water partition coefficient (Wildman–Crippen LogP) is 1.84. The van der Waals surface area contributed by atoms with Gasteiger partial charge in [-0.2, -0.15) is 13.2 Å². The van der Waals surface area contributed by atoms with Crippen molar-refractivity contribution in [1.29, 1.82) is 0 Å². The molecular formula is C8H14F3NO. The number of hydrogen-bond donors (Lipinski definition) is 1. The Hall–Kier alpha value is -0.290. The zero-order valence-electron chi connectivity index (χ0n) is 7.53. The van der Waals surface area contributed by atoms with Gasteiger partial charge in [0.15, 0.2) is 0 Å². The van der Waals surface area contributed by atoms with Crippen molar-refractivity contribution < 1.29 is 17.9 Å². The summed E-state index contributed by atoms with van der Waals surface area (Å²) < 4.78 is 42.3. The monoisotopic (exact) mass is 197 g/mol. The second kappa shape index (κ2) is 3.46. The Morgan fingerprint density at radius 3 is 2.54 bits per heavy atom. The predicted molar refractivity (Wildman–Crippen MR) is 42.2 cm³/mol. The van der Waals surface area contributed by atoms with Crippen molar-refractivity contribution in [3.05, 3.63) is 0 Å². The SMILES string of the molecule is COC1CCCC(N)(C(F)(F)F)C1. The lowest BCUT2D eigenvalue weighted by Crippen LogP contribution is -2.57. The molecule has 0 amide bonds. The molecular weight excluding hydrogens is 183 g/mol. The molecule has 1 fully saturated rings. The molecule has 0 radical (unpaired) electrons. The summed E-state index contributed by atoms with van der Waals surface area (Å²) in [5.74, 6) is 0. The molecule has 0 heterocycles. The normalized spacial score (nSPS) is 36.2. The number of hydrogen-bond acceptors (Lipinski definition) is 2. The third-order valence-electron chi connectivity index (χ3n) is 2.64. The zero-order chi connectivity index (χ0) is 10.1. The number of methoxy groups -OCH3 is 1. The molecule has 0 bridgehead atoms. The quantitative estimate of drug-likeness (QED) is 0.696. The molecule has 1 saturated carbocycles. The average molecular weight is 197 g/mol. The fourth-order valence-corrected chi connectivity index (χ4v) is 1.71. The summed E-state index contributed by atoms with van der Waals surface area (Å²) in [6.45, 7) is 0. The summed E-state index contributed by atoms with van der Waals surface area (Å²) in [6.07, 6.45) is -3.62. The summed E-state index contributed by atoms with van der Waals surface area (Å²) in [4.78, 5) is 0. The van der Waals surface area contributed by atoms with E-state index in [2.05, 4.69) is 0 Å². The van der Waals surface area contributed by atoms with Crippen LogP contribution in [0.4, 0.5) is 13.2 Å². The Labute approximate surface area is 75.2 Å². The van der Waals surface area contributed by atoms with Gasteiger partial charge < -0.3 is 10.5 Å². The van der Waals surface area contributed by atoms with Gasteiger partial charge in [-0.25, -0.2) is 0 Å². The van der Waals surface area contributed by atoms with Crippen LogP contribution in [0.1, 0.15) is 25.7 Å². The van der Waals surface area contributed by atoms with Crippen LogP contribution in [0.3, 0.4) is 0 Å². The number of ether oxygens (including phenoxy) is 1.